The number of rotatable bonds is 8. The highest BCUT2D eigenvalue weighted by molar-refractivity contribution is 14.1. The Bertz CT molecular complexity index is 754. The highest BCUT2D eigenvalue weighted by atomic mass is 127. The summed E-state index contributed by atoms with van der Waals surface area (Å²) in [5, 5.41) is 13.4. The molecule has 3 rings (SSSR count). The van der Waals surface area contributed by atoms with Gasteiger partial charge in [-0.3, -0.25) is 17.7 Å². The van der Waals surface area contributed by atoms with E-state index in [0.717, 1.165) is 12.0 Å². The van der Waals surface area contributed by atoms with Gasteiger partial charge in [0.2, 0.25) is 5.91 Å². The number of likely N-dealkylation sites (N-methyl/N-ethyl adjacent to an activating group) is 1. The molecular weight excluding hydrogens is 529 g/mol. The van der Waals surface area contributed by atoms with E-state index in [0.29, 0.717) is 32.5 Å². The van der Waals surface area contributed by atoms with E-state index in [4.69, 9.17) is 12.5 Å². The maximum absolute atomic E-state index is 12.7. The molecule has 0 aliphatic carbocycles. The number of hydrogen-bond donors (Lipinski definition) is 2. The van der Waals surface area contributed by atoms with Crippen LogP contribution in [0.4, 0.5) is 4.79 Å². The first-order valence-electron chi connectivity index (χ1n) is 11.0. The summed E-state index contributed by atoms with van der Waals surface area (Å²) in [6.07, 6.45) is 0.117. The van der Waals surface area contributed by atoms with Crippen LogP contribution in [0.15, 0.2) is 30.3 Å². The van der Waals surface area contributed by atoms with Crippen molar-refractivity contribution in [3.05, 3.63) is 35.9 Å². The van der Waals surface area contributed by atoms with Crippen LogP contribution >= 0.6 is 23.0 Å². The van der Waals surface area contributed by atoms with Gasteiger partial charge in [-0.25, -0.2) is 4.79 Å². The maximum Gasteiger partial charge on any atom is 0.410 e. The minimum atomic E-state index is -0.770. The molecule has 1 aromatic carbocycles. The normalized spacial score (nSPS) is 28.0. The van der Waals surface area contributed by atoms with Gasteiger partial charge in [0.1, 0.15) is 41.8 Å². The molecule has 2 amide bonds. The summed E-state index contributed by atoms with van der Waals surface area (Å²) in [6.45, 7) is 3.60. The molecular formula is C22H32IN3O6. The summed E-state index contributed by atoms with van der Waals surface area (Å²) < 4.78 is 16.2. The molecule has 0 bridgehead atoms. The van der Waals surface area contributed by atoms with Crippen LogP contribution in [-0.4, -0.2) is 84.2 Å². The highest BCUT2D eigenvalue weighted by Crippen LogP contribution is 2.25. The number of amides is 2. The second-order valence-corrected chi connectivity index (χ2v) is 8.87. The number of hydrogen-bond acceptors (Lipinski definition) is 7. The summed E-state index contributed by atoms with van der Waals surface area (Å²) in [6, 6.07) is 8.82. The van der Waals surface area contributed by atoms with E-state index in [1.807, 2.05) is 49.2 Å². The predicted molar refractivity (Wildman–Crippen MR) is 126 cm³/mol. The molecule has 5 atom stereocenters. The lowest BCUT2D eigenvalue weighted by molar-refractivity contribution is -0.206. The van der Waals surface area contributed by atoms with Gasteiger partial charge in [-0.05, 0) is 38.8 Å². The number of benzene rings is 1. The van der Waals surface area contributed by atoms with Gasteiger partial charge < -0.3 is 19.9 Å². The number of carbonyl (C=O) groups excluding carboxylic acids is 2. The van der Waals surface area contributed by atoms with Crippen molar-refractivity contribution in [2.45, 2.75) is 63.4 Å². The van der Waals surface area contributed by atoms with Gasteiger partial charge in [-0.2, -0.15) is 0 Å². The summed E-state index contributed by atoms with van der Waals surface area (Å²) in [4.78, 5) is 28.8. The van der Waals surface area contributed by atoms with Crippen molar-refractivity contribution in [1.82, 2.24) is 15.1 Å². The molecule has 1 aromatic rings. The number of ether oxygens (including phenoxy) is 2. The second-order valence-electron chi connectivity index (χ2n) is 8.36. The van der Waals surface area contributed by atoms with E-state index in [1.165, 1.54) is 4.90 Å². The van der Waals surface area contributed by atoms with E-state index in [2.05, 4.69) is 5.32 Å². The van der Waals surface area contributed by atoms with Crippen molar-refractivity contribution in [3.63, 3.8) is 0 Å². The molecule has 2 N–H and O–H groups in total. The van der Waals surface area contributed by atoms with E-state index in [-0.39, 0.29) is 24.7 Å². The van der Waals surface area contributed by atoms with E-state index in [1.54, 1.807) is 23.0 Å². The molecule has 10 heteroatoms. The molecule has 32 heavy (non-hydrogen) atoms. The molecule has 0 aromatic heterocycles. The molecule has 9 nitrogen and oxygen atoms in total. The fourth-order valence-corrected chi connectivity index (χ4v) is 4.66. The largest absolute Gasteiger partial charge is 0.445 e. The lowest BCUT2D eigenvalue weighted by Gasteiger charge is -2.41. The number of aliphatic hydroxyl groups is 1. The van der Waals surface area contributed by atoms with Crippen molar-refractivity contribution < 1.29 is 27.2 Å². The van der Waals surface area contributed by atoms with Crippen LogP contribution in [-0.2, 0) is 23.9 Å². The Labute approximate surface area is 203 Å². The minimum absolute atomic E-state index is 0.0332. The topological polar surface area (TPSA) is 101 Å². The lowest BCUT2D eigenvalue weighted by Crippen LogP contribution is -2.55. The van der Waals surface area contributed by atoms with Gasteiger partial charge in [-0.1, -0.05) is 30.3 Å². The summed E-state index contributed by atoms with van der Waals surface area (Å²) in [5.41, 5.74) is 0.906. The van der Waals surface area contributed by atoms with E-state index in [9.17, 15) is 14.7 Å². The van der Waals surface area contributed by atoms with E-state index >= 15 is 0 Å². The Balaban J connectivity index is 1.44. The molecule has 0 unspecified atom stereocenters. The van der Waals surface area contributed by atoms with E-state index < -0.39 is 24.5 Å². The number of halogens is 1. The van der Waals surface area contributed by atoms with Crippen LogP contribution in [0.25, 0.3) is 0 Å². The second kappa shape index (κ2) is 12.1. The van der Waals surface area contributed by atoms with Crippen LogP contribution in [0, 0.1) is 0 Å². The molecule has 2 saturated heterocycles. The standard InChI is InChI=1S/C22H32IN3O6/c1-15-13-18(19(27)21(31-15)32-23)25(2)12-10-24-20(28)17-9-6-11-26(17)22(29)30-14-16-7-4-3-5-8-16/h3-5,7-8,15,17-19,21,27H,6,9-14H2,1-2H3,(H,24,28)/t15-,17-,18+,19-,21+/m1/s1. The van der Waals surface area contributed by atoms with Crippen LogP contribution in [0.1, 0.15) is 31.7 Å². The van der Waals surface area contributed by atoms with Gasteiger partial charge in [0.05, 0.1) is 6.10 Å². The lowest BCUT2D eigenvalue weighted by atomic mass is 9.99. The number of likely N-dealkylation sites (tertiary alicyclic amines) is 1. The third-order valence-corrected chi connectivity index (χ3v) is 6.53. The van der Waals surface area contributed by atoms with Crippen LogP contribution in [0.5, 0.6) is 0 Å². The molecule has 2 aliphatic rings. The quantitative estimate of drug-likeness (QED) is 0.469. The third kappa shape index (κ3) is 6.53. The zero-order valence-electron chi connectivity index (χ0n) is 18.5. The Kier molecular flexibility index (Phi) is 9.53. The van der Waals surface area contributed by atoms with Crippen LogP contribution in [0.2, 0.25) is 0 Å². The highest BCUT2D eigenvalue weighted by Gasteiger charge is 2.39. The SMILES string of the molecule is C[C@@H]1C[C@H](N(C)CCNC(=O)[C@H]2CCCN2C(=O)OCc2ccccc2)[C@@H](O)[C@H](OI)O1. The fraction of sp³-hybridized carbons (Fsp3) is 0.636. The van der Waals surface area contributed by atoms with Gasteiger partial charge in [0.15, 0.2) is 6.29 Å². The van der Waals surface area contributed by atoms with Crippen molar-refractivity contribution in [3.8, 4) is 0 Å². The van der Waals surface area contributed by atoms with Gasteiger partial charge >= 0.3 is 6.09 Å². The van der Waals surface area contributed by atoms with Crippen molar-refractivity contribution in [2.24, 2.45) is 0 Å². The first-order valence-corrected chi connectivity index (χ1v) is 11.8. The smallest absolute Gasteiger partial charge is 0.410 e. The summed E-state index contributed by atoms with van der Waals surface area (Å²) >= 11 is 1.74. The average Bonchev–Trinajstić information content (AvgIpc) is 3.29. The molecule has 178 valence electrons. The Morgan fingerprint density at radius 2 is 2.09 bits per heavy atom. The Hall–Kier alpha value is -1.47. The third-order valence-electron chi connectivity index (χ3n) is 6.03. The van der Waals surface area contributed by atoms with Crippen LogP contribution in [0.3, 0.4) is 0 Å². The first kappa shape index (κ1) is 25.2. The minimum Gasteiger partial charge on any atom is -0.445 e. The fourth-order valence-electron chi connectivity index (χ4n) is 4.24. The number of aliphatic hydroxyl groups excluding tert-OH is 1. The first-order chi connectivity index (χ1) is 15.4. The maximum atomic E-state index is 12.7. The number of carbonyl (C=O) groups is 2. The van der Waals surface area contributed by atoms with Crippen molar-refractivity contribution in [2.75, 3.05) is 26.7 Å². The molecule has 0 radical (unpaired) electrons. The Morgan fingerprint density at radius 3 is 2.81 bits per heavy atom. The molecule has 2 fully saturated rings. The van der Waals surface area contributed by atoms with Crippen molar-refractivity contribution in [1.29, 1.82) is 0 Å². The van der Waals surface area contributed by atoms with Gasteiger partial charge in [-0.15, -0.1) is 0 Å². The molecule has 0 spiro atoms. The number of nitrogens with one attached hydrogen (secondary N) is 1. The zero-order chi connectivity index (χ0) is 23.1. The zero-order valence-corrected chi connectivity index (χ0v) is 20.6. The monoisotopic (exact) mass is 561 g/mol. The molecule has 0 saturated carbocycles. The molecule has 2 aliphatic heterocycles. The van der Waals surface area contributed by atoms with Gasteiger partial charge in [0, 0.05) is 25.7 Å². The molecule has 2 heterocycles. The van der Waals surface area contributed by atoms with Crippen LogP contribution < -0.4 is 5.32 Å². The average molecular weight is 561 g/mol. The summed E-state index contributed by atoms with van der Waals surface area (Å²) in [7, 11) is 1.91. The summed E-state index contributed by atoms with van der Waals surface area (Å²) in [5.74, 6) is -0.179. The number of nitrogens with zero attached hydrogens (tertiary/aromatic N) is 2. The van der Waals surface area contributed by atoms with Crippen molar-refractivity contribution >= 4 is 35.0 Å². The van der Waals surface area contributed by atoms with Gasteiger partial charge in [0.25, 0.3) is 0 Å². The predicted octanol–water partition coefficient (Wildman–Crippen LogP) is 2.07. The Morgan fingerprint density at radius 1 is 1.34 bits per heavy atom.